The van der Waals surface area contributed by atoms with E-state index in [4.69, 9.17) is 0 Å². The molecule has 0 aromatic heterocycles. The van der Waals surface area contributed by atoms with Gasteiger partial charge in [-0.15, -0.1) is 0 Å². The van der Waals surface area contributed by atoms with Crippen molar-refractivity contribution < 1.29 is 0 Å². The zero-order valence-electron chi connectivity index (χ0n) is 11.5. The molecule has 0 spiro atoms. The molecule has 0 unspecified atom stereocenters. The summed E-state index contributed by atoms with van der Waals surface area (Å²) < 4.78 is 0. The molecule has 0 amide bonds. The van der Waals surface area contributed by atoms with Crippen molar-refractivity contribution in [2.24, 2.45) is 5.92 Å². The van der Waals surface area contributed by atoms with Crippen molar-refractivity contribution in [1.29, 1.82) is 0 Å². The highest BCUT2D eigenvalue weighted by Crippen LogP contribution is 2.00. The fraction of sp³-hybridized carbons (Fsp3) is 1.00. The van der Waals surface area contributed by atoms with E-state index in [1.54, 1.807) is 0 Å². The van der Waals surface area contributed by atoms with E-state index in [1.165, 1.54) is 0 Å². The van der Waals surface area contributed by atoms with Gasteiger partial charge in [-0.25, -0.2) is 0 Å². The average Bonchev–Trinajstić information content (AvgIpc) is 2.04. The van der Waals surface area contributed by atoms with E-state index in [0.717, 1.165) is 16.4 Å². The Morgan fingerprint density at radius 3 is 0.643 bits per heavy atom. The van der Waals surface area contributed by atoms with Gasteiger partial charge in [0.1, 0.15) is 0 Å². The molecule has 0 aliphatic rings. The first kappa shape index (κ1) is 20.2. The van der Waals surface area contributed by atoms with Gasteiger partial charge in [0.2, 0.25) is 0 Å². The predicted octanol–water partition coefficient (Wildman–Crippen LogP) is 5.18. The molecular formula is C12H30S2. The van der Waals surface area contributed by atoms with Crippen LogP contribution in [0.25, 0.3) is 0 Å². The Morgan fingerprint density at radius 2 is 0.643 bits per heavy atom. The zero-order valence-corrected chi connectivity index (χ0v) is 13.2. The summed E-state index contributed by atoms with van der Waals surface area (Å²) in [6.45, 7) is 15.2. The van der Waals surface area contributed by atoms with Gasteiger partial charge < -0.3 is 0 Å². The van der Waals surface area contributed by atoms with Crippen LogP contribution in [0, 0.1) is 5.92 Å². The van der Waals surface area contributed by atoms with Crippen LogP contribution in [-0.2, 0) is 0 Å². The van der Waals surface area contributed by atoms with Crippen LogP contribution in [-0.4, -0.2) is 23.0 Å². The van der Waals surface area contributed by atoms with Gasteiger partial charge in [-0.3, -0.25) is 0 Å². The molecule has 0 aliphatic heterocycles. The zero-order chi connectivity index (χ0) is 12.1. The molecule has 90 valence electrons. The summed E-state index contributed by atoms with van der Waals surface area (Å²) in [7, 11) is 0. The molecule has 0 aliphatic carbocycles. The molecule has 0 nitrogen and oxygen atoms in total. The minimum atomic E-state index is 0.801. The number of thioether (sulfide) groups is 2. The van der Waals surface area contributed by atoms with E-state index in [1.807, 2.05) is 23.5 Å². The normalized spacial score (nSPS) is 9.43. The first-order chi connectivity index (χ1) is 6.27. The average molecular weight is 239 g/mol. The molecule has 0 aromatic carbocycles. The molecule has 0 N–H and O–H groups in total. The monoisotopic (exact) mass is 238 g/mol. The van der Waals surface area contributed by atoms with Gasteiger partial charge in [0.25, 0.3) is 0 Å². The summed E-state index contributed by atoms with van der Waals surface area (Å²) in [5, 5.41) is 1.60. The lowest BCUT2D eigenvalue weighted by Crippen LogP contribution is -1.79. The van der Waals surface area contributed by atoms with Crippen molar-refractivity contribution in [2.45, 2.75) is 59.0 Å². The lowest BCUT2D eigenvalue weighted by Gasteiger charge is -1.90. The maximum atomic E-state index is 2.19. The summed E-state index contributed by atoms with van der Waals surface area (Å²) in [6.07, 6.45) is 4.23. The van der Waals surface area contributed by atoms with Crippen LogP contribution >= 0.6 is 23.5 Å². The predicted molar refractivity (Wildman–Crippen MR) is 77.8 cm³/mol. The van der Waals surface area contributed by atoms with Crippen LogP contribution < -0.4 is 0 Å². The van der Waals surface area contributed by atoms with Crippen LogP contribution in [0.15, 0.2) is 0 Å². The minimum absolute atomic E-state index is 0.801. The van der Waals surface area contributed by atoms with E-state index in [9.17, 15) is 0 Å². The molecule has 2 heteroatoms. The second kappa shape index (κ2) is 16.1. The van der Waals surface area contributed by atoms with Crippen LogP contribution in [0.2, 0.25) is 0 Å². The highest BCUT2D eigenvalue weighted by molar-refractivity contribution is 7.99. The van der Waals surface area contributed by atoms with Gasteiger partial charge in [-0.1, -0.05) is 48.5 Å². The van der Waals surface area contributed by atoms with Crippen molar-refractivity contribution in [3.05, 3.63) is 0 Å². The van der Waals surface area contributed by atoms with Crippen LogP contribution in [0.5, 0.6) is 0 Å². The van der Waals surface area contributed by atoms with Gasteiger partial charge in [0.05, 0.1) is 0 Å². The van der Waals surface area contributed by atoms with Gasteiger partial charge >= 0.3 is 0 Å². The lowest BCUT2D eigenvalue weighted by molar-refractivity contribution is 0.737. The molecule has 0 aromatic rings. The number of rotatable bonds is 2. The van der Waals surface area contributed by atoms with Crippen LogP contribution in [0.1, 0.15) is 48.5 Å². The second-order valence-electron chi connectivity index (χ2n) is 4.30. The van der Waals surface area contributed by atoms with E-state index >= 15 is 0 Å². The van der Waals surface area contributed by atoms with Crippen LogP contribution in [0.3, 0.4) is 0 Å². The molecule has 0 saturated heterocycles. The van der Waals surface area contributed by atoms with Crippen LogP contribution in [0.4, 0.5) is 0 Å². The summed E-state index contributed by atoms with van der Waals surface area (Å²) >= 11 is 3.76. The first-order valence-electron chi connectivity index (χ1n) is 5.33. The summed E-state index contributed by atoms with van der Waals surface area (Å²) in [5.41, 5.74) is 0. The summed E-state index contributed by atoms with van der Waals surface area (Å²) in [5.74, 6) is 0.833. The molecular weight excluding hydrogens is 208 g/mol. The van der Waals surface area contributed by atoms with E-state index in [0.29, 0.717) is 0 Å². The Labute approximate surface area is 101 Å². The topological polar surface area (TPSA) is 0 Å². The van der Waals surface area contributed by atoms with Crippen molar-refractivity contribution in [3.8, 4) is 0 Å². The molecule has 0 radical (unpaired) electrons. The first-order valence-corrected chi connectivity index (χ1v) is 7.91. The maximum Gasteiger partial charge on any atom is -0.00125 e. The molecule has 0 atom stereocenters. The summed E-state index contributed by atoms with van der Waals surface area (Å²) in [4.78, 5) is 0. The van der Waals surface area contributed by atoms with E-state index < -0.39 is 0 Å². The maximum absolute atomic E-state index is 2.19. The third kappa shape index (κ3) is 78.7. The number of hydrogen-bond acceptors (Lipinski definition) is 2. The fourth-order valence-electron chi connectivity index (χ4n) is 0. The Hall–Kier alpha value is 0.700. The van der Waals surface area contributed by atoms with Gasteiger partial charge in [-0.05, 0) is 28.9 Å². The van der Waals surface area contributed by atoms with Crippen molar-refractivity contribution >= 4 is 23.5 Å². The number of hydrogen-bond donors (Lipinski definition) is 0. The molecule has 14 heavy (non-hydrogen) atoms. The standard InChI is InChI=1S/2C4H10S.C4H10/c2*1-4(2)5-3;1-4(2)3/h2*4H,1-3H3;4H,1-3H3. The van der Waals surface area contributed by atoms with Crippen molar-refractivity contribution in [2.75, 3.05) is 12.5 Å². The quantitative estimate of drug-likeness (QED) is 0.650. The third-order valence-electron chi connectivity index (χ3n) is 0.943. The second-order valence-corrected chi connectivity index (χ2v) is 7.13. The Bertz CT molecular complexity index is 67.6. The van der Waals surface area contributed by atoms with Gasteiger partial charge in [0, 0.05) is 0 Å². The van der Waals surface area contributed by atoms with Gasteiger partial charge in [-0.2, -0.15) is 23.5 Å². The Morgan fingerprint density at radius 1 is 0.571 bits per heavy atom. The Balaban J connectivity index is -0.000000131. The minimum Gasteiger partial charge on any atom is -0.163 e. The summed E-state index contributed by atoms with van der Waals surface area (Å²) in [6, 6.07) is 0. The highest BCUT2D eigenvalue weighted by atomic mass is 32.2. The van der Waals surface area contributed by atoms with Crippen molar-refractivity contribution in [1.82, 2.24) is 0 Å². The largest absolute Gasteiger partial charge is 0.163 e. The smallest absolute Gasteiger partial charge is 0.00125 e. The van der Waals surface area contributed by atoms with Gasteiger partial charge in [0.15, 0.2) is 0 Å². The van der Waals surface area contributed by atoms with Crippen molar-refractivity contribution in [3.63, 3.8) is 0 Å². The Kier molecular flexibility index (Phi) is 23.2. The SMILES string of the molecule is CC(C)C.CSC(C)C.CSC(C)C. The third-order valence-corrected chi connectivity index (χ3v) is 2.83. The molecule has 0 bridgehead atoms. The van der Waals surface area contributed by atoms with E-state index in [2.05, 4.69) is 61.0 Å². The van der Waals surface area contributed by atoms with E-state index in [-0.39, 0.29) is 0 Å². The highest BCUT2D eigenvalue weighted by Gasteiger charge is 1.80. The fourth-order valence-corrected chi connectivity index (χ4v) is 0. The molecule has 0 rings (SSSR count). The molecule has 0 heterocycles. The lowest BCUT2D eigenvalue weighted by atomic mass is 10.3. The molecule has 0 fully saturated rings. The molecule has 0 saturated carbocycles.